The Kier molecular flexibility index (Phi) is 2.49. The average molecular weight is 167 g/mol. The van der Waals surface area contributed by atoms with Gasteiger partial charge in [-0.3, -0.25) is 4.79 Å². The zero-order valence-corrected chi connectivity index (χ0v) is 5.84. The van der Waals surface area contributed by atoms with Crippen LogP contribution in [0.3, 0.4) is 0 Å². The monoisotopic (exact) mass is 167 g/mol. The second kappa shape index (κ2) is 3.58. The molecule has 1 aromatic heterocycles. The van der Waals surface area contributed by atoms with Crippen LogP contribution in [-0.4, -0.2) is 11.3 Å². The Morgan fingerprint density at radius 2 is 1.92 bits per heavy atom. The number of rotatable bonds is 0. The Morgan fingerprint density at radius 3 is 2.42 bits per heavy atom. The molecule has 0 radical (unpaired) electrons. The minimum Gasteiger partial charge on any atom is -0.289 e. The van der Waals surface area contributed by atoms with Crippen LogP contribution >= 0.6 is 0 Å². The van der Waals surface area contributed by atoms with Gasteiger partial charge in [-0.15, -0.1) is 0 Å². The third-order valence-electron chi connectivity index (χ3n) is 1.04. The van der Waals surface area contributed by atoms with Crippen molar-refractivity contribution >= 4 is 6.29 Å². The Bertz CT molecular complexity index is 345. The quantitative estimate of drug-likeness (QED) is 0.326. The van der Waals surface area contributed by atoms with Crippen LogP contribution < -0.4 is 0 Å². The van der Waals surface area contributed by atoms with Crippen molar-refractivity contribution in [1.29, 1.82) is 0 Å². The molecule has 0 aliphatic heterocycles. The number of aldehydes is 1. The Labute approximate surface area is 67.2 Å². The van der Waals surface area contributed by atoms with Gasteiger partial charge in [0.05, 0.1) is 0 Å². The summed E-state index contributed by atoms with van der Waals surface area (Å²) in [6.07, 6.45) is 0.343. The van der Waals surface area contributed by atoms with Crippen molar-refractivity contribution in [3.63, 3.8) is 0 Å². The van der Waals surface area contributed by atoms with Gasteiger partial charge in [0.1, 0.15) is 0 Å². The van der Waals surface area contributed by atoms with E-state index in [1.807, 2.05) is 5.92 Å². The molecule has 0 amide bonds. The van der Waals surface area contributed by atoms with Crippen LogP contribution in [0.5, 0.6) is 0 Å². The highest BCUT2D eigenvalue weighted by atomic mass is 19.1. The topological polar surface area (TPSA) is 30.0 Å². The minimum atomic E-state index is -0.954. The lowest BCUT2D eigenvalue weighted by Crippen LogP contribution is -1.89. The zero-order valence-electron chi connectivity index (χ0n) is 5.84. The summed E-state index contributed by atoms with van der Waals surface area (Å²) < 4.78 is 24.7. The smallest absolute Gasteiger partial charge is 0.216 e. The van der Waals surface area contributed by atoms with Crippen LogP contribution in [-0.2, 0) is 4.79 Å². The van der Waals surface area contributed by atoms with Gasteiger partial charge in [0.15, 0.2) is 6.29 Å². The highest BCUT2D eigenvalue weighted by molar-refractivity contribution is 5.73. The maximum atomic E-state index is 12.3. The van der Waals surface area contributed by atoms with Crippen LogP contribution in [0.1, 0.15) is 5.56 Å². The first-order valence-electron chi connectivity index (χ1n) is 3.00. The third-order valence-corrected chi connectivity index (χ3v) is 1.04. The lowest BCUT2D eigenvalue weighted by atomic mass is 10.3. The predicted molar refractivity (Wildman–Crippen MR) is 37.1 cm³/mol. The van der Waals surface area contributed by atoms with E-state index in [-0.39, 0.29) is 5.56 Å². The van der Waals surface area contributed by atoms with Crippen molar-refractivity contribution in [3.05, 3.63) is 29.6 Å². The van der Waals surface area contributed by atoms with Gasteiger partial charge in [-0.05, 0) is 5.92 Å². The third kappa shape index (κ3) is 2.13. The van der Waals surface area contributed by atoms with Gasteiger partial charge < -0.3 is 0 Å². The molecular weight excluding hydrogens is 164 g/mol. The molecule has 0 N–H and O–H groups in total. The first kappa shape index (κ1) is 8.34. The predicted octanol–water partition coefficient (Wildman–Crippen LogP) is 0.910. The van der Waals surface area contributed by atoms with Crippen LogP contribution in [0.25, 0.3) is 0 Å². The molecule has 12 heavy (non-hydrogen) atoms. The van der Waals surface area contributed by atoms with Crippen molar-refractivity contribution in [2.75, 3.05) is 0 Å². The van der Waals surface area contributed by atoms with Gasteiger partial charge in [0, 0.05) is 17.7 Å². The fourth-order valence-electron chi connectivity index (χ4n) is 0.650. The number of nitrogens with zero attached hydrogens (tertiary/aromatic N) is 1. The summed E-state index contributed by atoms with van der Waals surface area (Å²) >= 11 is 0. The number of carbonyl (C=O) groups is 1. The Hall–Kier alpha value is -1.76. The van der Waals surface area contributed by atoms with Crippen molar-refractivity contribution in [1.82, 2.24) is 4.98 Å². The maximum absolute atomic E-state index is 12.3. The van der Waals surface area contributed by atoms with Gasteiger partial charge in [0.2, 0.25) is 11.9 Å². The molecule has 1 rings (SSSR count). The summed E-state index contributed by atoms with van der Waals surface area (Å²) in [5.41, 5.74) is 0.0899. The molecular formula is C8H3F2NO. The van der Waals surface area contributed by atoms with E-state index >= 15 is 0 Å². The lowest BCUT2D eigenvalue weighted by Gasteiger charge is -1.90. The average Bonchev–Trinajstić information content (AvgIpc) is 1.99. The second-order valence-electron chi connectivity index (χ2n) is 1.89. The molecule has 0 saturated carbocycles. The van der Waals surface area contributed by atoms with Gasteiger partial charge in [-0.2, -0.15) is 13.8 Å². The minimum absolute atomic E-state index is 0.0899. The number of halogens is 2. The fraction of sp³-hybridized carbons (Fsp3) is 0. The summed E-state index contributed by atoms with van der Waals surface area (Å²) in [6, 6.07) is 1.89. The van der Waals surface area contributed by atoms with Crippen LogP contribution in [0, 0.1) is 23.7 Å². The molecule has 4 heteroatoms. The second-order valence-corrected chi connectivity index (χ2v) is 1.89. The highest BCUT2D eigenvalue weighted by Crippen LogP contribution is 2.01. The van der Waals surface area contributed by atoms with Crippen molar-refractivity contribution in [2.45, 2.75) is 0 Å². The molecule has 0 aliphatic rings. The standard InChI is InChI=1S/C8H3F2NO/c9-7-4-6(2-1-3-12)5-8(10)11-7/h3-5H. The molecule has 1 aromatic rings. The largest absolute Gasteiger partial charge is 0.289 e. The van der Waals surface area contributed by atoms with Crippen molar-refractivity contribution in [3.8, 4) is 11.8 Å². The van der Waals surface area contributed by atoms with Crippen LogP contribution in [0.4, 0.5) is 8.78 Å². The van der Waals surface area contributed by atoms with Crippen molar-refractivity contribution < 1.29 is 13.6 Å². The molecule has 0 bridgehead atoms. The molecule has 0 aliphatic carbocycles. The first-order valence-corrected chi connectivity index (χ1v) is 3.00. The summed E-state index contributed by atoms with van der Waals surface area (Å²) in [5.74, 6) is 2.36. The molecule has 0 saturated heterocycles. The molecule has 1 heterocycles. The normalized spacial score (nSPS) is 8.50. The highest BCUT2D eigenvalue weighted by Gasteiger charge is 1.98. The van der Waals surface area contributed by atoms with Crippen LogP contribution in [0.15, 0.2) is 12.1 Å². The number of hydrogen-bond donors (Lipinski definition) is 0. The summed E-state index contributed by atoms with van der Waals surface area (Å²) in [5, 5.41) is 0. The first-order chi connectivity index (χ1) is 5.72. The number of carbonyl (C=O) groups excluding carboxylic acids is 1. The summed E-state index contributed by atoms with van der Waals surface area (Å²) in [4.78, 5) is 12.6. The molecule has 0 fully saturated rings. The van der Waals surface area contributed by atoms with Gasteiger partial charge in [-0.25, -0.2) is 0 Å². The lowest BCUT2D eigenvalue weighted by molar-refractivity contribution is -0.103. The van der Waals surface area contributed by atoms with E-state index in [1.165, 1.54) is 0 Å². The Morgan fingerprint density at radius 1 is 1.33 bits per heavy atom. The zero-order chi connectivity index (χ0) is 8.97. The maximum Gasteiger partial charge on any atom is 0.216 e. The number of pyridine rings is 1. The van der Waals surface area contributed by atoms with E-state index in [4.69, 9.17) is 0 Å². The molecule has 0 unspecified atom stereocenters. The molecule has 2 nitrogen and oxygen atoms in total. The summed E-state index contributed by atoms with van der Waals surface area (Å²) in [7, 11) is 0. The molecule has 0 aromatic carbocycles. The molecule has 0 spiro atoms. The van der Waals surface area contributed by atoms with E-state index < -0.39 is 11.9 Å². The van der Waals surface area contributed by atoms with E-state index in [2.05, 4.69) is 10.9 Å². The van der Waals surface area contributed by atoms with Crippen molar-refractivity contribution in [2.24, 2.45) is 0 Å². The van der Waals surface area contributed by atoms with E-state index in [9.17, 15) is 13.6 Å². The molecule has 0 atom stereocenters. The van der Waals surface area contributed by atoms with E-state index in [1.54, 1.807) is 0 Å². The number of hydrogen-bond acceptors (Lipinski definition) is 2. The van der Waals surface area contributed by atoms with Gasteiger partial charge in [-0.1, -0.05) is 5.92 Å². The van der Waals surface area contributed by atoms with E-state index in [0.717, 1.165) is 12.1 Å². The van der Waals surface area contributed by atoms with Crippen LogP contribution in [0.2, 0.25) is 0 Å². The van der Waals surface area contributed by atoms with Gasteiger partial charge in [0.25, 0.3) is 0 Å². The SMILES string of the molecule is O=CC#Cc1cc(F)nc(F)c1. The Balaban J connectivity index is 3.08. The number of aromatic nitrogens is 1. The van der Waals surface area contributed by atoms with E-state index in [0.29, 0.717) is 6.29 Å². The fourth-order valence-corrected chi connectivity index (χ4v) is 0.650. The van der Waals surface area contributed by atoms with Gasteiger partial charge >= 0.3 is 0 Å². The summed E-state index contributed by atoms with van der Waals surface area (Å²) in [6.45, 7) is 0. The molecule has 60 valence electrons.